The number of methoxy groups -OCH3 is 1. The predicted molar refractivity (Wildman–Crippen MR) is 52.2 cm³/mol. The summed E-state index contributed by atoms with van der Waals surface area (Å²) in [5, 5.41) is 7.92. The van der Waals surface area contributed by atoms with E-state index in [4.69, 9.17) is 4.74 Å². The molecule has 0 bridgehead atoms. The van der Waals surface area contributed by atoms with Gasteiger partial charge < -0.3 is 9.47 Å². The van der Waals surface area contributed by atoms with E-state index in [9.17, 15) is 4.79 Å². The second kappa shape index (κ2) is 4.39. The van der Waals surface area contributed by atoms with Crippen LogP contribution in [0.3, 0.4) is 0 Å². The number of carbonyl (C=O) groups excluding carboxylic acids is 1. The van der Waals surface area contributed by atoms with Crippen LogP contribution in [0, 0.1) is 0 Å². The number of azo groups is 1. The molecule has 0 saturated heterocycles. The van der Waals surface area contributed by atoms with Crippen molar-refractivity contribution < 1.29 is 14.3 Å². The minimum atomic E-state index is -0.986. The second-order valence-electron chi connectivity index (χ2n) is 4.37. The summed E-state index contributed by atoms with van der Waals surface area (Å²) in [4.78, 5) is 10.8. The van der Waals surface area contributed by atoms with E-state index >= 15 is 0 Å². The number of carbonyl (C=O) groups is 1. The van der Waals surface area contributed by atoms with Gasteiger partial charge in [0.25, 0.3) is 0 Å². The molecule has 5 heteroatoms. The molecule has 0 unspecified atom stereocenters. The van der Waals surface area contributed by atoms with Gasteiger partial charge in [-0.3, -0.25) is 0 Å². The van der Waals surface area contributed by atoms with E-state index < -0.39 is 11.9 Å². The maximum absolute atomic E-state index is 10.8. The van der Waals surface area contributed by atoms with Crippen LogP contribution in [0.4, 0.5) is 4.79 Å². The molecule has 14 heavy (non-hydrogen) atoms. The lowest BCUT2D eigenvalue weighted by atomic mass is 10.1. The fourth-order valence-corrected chi connectivity index (χ4v) is 0.536. The van der Waals surface area contributed by atoms with E-state index in [1.54, 1.807) is 13.8 Å². The molecule has 0 atom stereocenters. The summed E-state index contributed by atoms with van der Waals surface area (Å²) >= 11 is 0. The van der Waals surface area contributed by atoms with Crippen LogP contribution < -0.4 is 0 Å². The van der Waals surface area contributed by atoms with Crippen LogP contribution >= 0.6 is 0 Å². The number of nitrogens with zero attached hydrogens (tertiary/aromatic N) is 2. The third-order valence-corrected chi connectivity index (χ3v) is 1.09. The Bertz CT molecular complexity index is 229. The summed E-state index contributed by atoms with van der Waals surface area (Å²) in [5.74, 6) is 0. The third-order valence-electron chi connectivity index (χ3n) is 1.09. The van der Waals surface area contributed by atoms with Crippen LogP contribution in [0.5, 0.6) is 0 Å². The van der Waals surface area contributed by atoms with E-state index in [1.165, 1.54) is 7.11 Å². The topological polar surface area (TPSA) is 60.2 Å². The lowest BCUT2D eigenvalue weighted by molar-refractivity contribution is -0.00701. The third kappa shape index (κ3) is 6.39. The van der Waals surface area contributed by atoms with E-state index in [0.717, 1.165) is 0 Å². The monoisotopic (exact) mass is 202 g/mol. The normalized spacial score (nSPS) is 13.0. The fourth-order valence-electron chi connectivity index (χ4n) is 0.536. The van der Waals surface area contributed by atoms with Crippen molar-refractivity contribution in [1.82, 2.24) is 0 Å². The molecule has 0 spiro atoms. The molecular formula is C9H18N2O3. The fraction of sp³-hybridized carbons (Fsp3) is 0.889. The van der Waals surface area contributed by atoms with E-state index in [0.29, 0.717) is 0 Å². The van der Waals surface area contributed by atoms with Crippen molar-refractivity contribution in [2.24, 2.45) is 10.2 Å². The quantitative estimate of drug-likeness (QED) is 0.511. The number of hydrogen-bond acceptors (Lipinski definition) is 5. The first-order chi connectivity index (χ1) is 6.16. The molecule has 82 valence electrons. The van der Waals surface area contributed by atoms with Gasteiger partial charge in [0, 0.05) is 0 Å². The highest BCUT2D eigenvalue weighted by Gasteiger charge is 2.23. The van der Waals surface area contributed by atoms with Crippen LogP contribution in [0.2, 0.25) is 0 Å². The van der Waals surface area contributed by atoms with E-state index in [2.05, 4.69) is 15.0 Å². The molecule has 0 saturated carbocycles. The van der Waals surface area contributed by atoms with Crippen molar-refractivity contribution in [3.63, 3.8) is 0 Å². The molecule has 0 aromatic rings. The molecule has 0 aromatic carbocycles. The van der Waals surface area contributed by atoms with Crippen molar-refractivity contribution in [3.05, 3.63) is 0 Å². The van der Waals surface area contributed by atoms with Crippen molar-refractivity contribution in [1.29, 1.82) is 0 Å². The van der Waals surface area contributed by atoms with Crippen LogP contribution in [0.15, 0.2) is 10.2 Å². The Hall–Kier alpha value is -1.13. The van der Waals surface area contributed by atoms with Crippen molar-refractivity contribution in [2.75, 3.05) is 7.11 Å². The molecule has 0 aliphatic heterocycles. The smallest absolute Gasteiger partial charge is 0.438 e. The molecule has 0 aromatic heterocycles. The summed E-state index contributed by atoms with van der Waals surface area (Å²) in [6.07, 6.45) is -0.761. The van der Waals surface area contributed by atoms with Crippen LogP contribution in [-0.2, 0) is 9.47 Å². The van der Waals surface area contributed by atoms with Crippen molar-refractivity contribution in [2.45, 2.75) is 45.9 Å². The van der Waals surface area contributed by atoms with Gasteiger partial charge in [0.05, 0.1) is 12.6 Å². The zero-order valence-electron chi connectivity index (χ0n) is 9.62. The Kier molecular flexibility index (Phi) is 4.04. The summed E-state index contributed by atoms with van der Waals surface area (Å²) < 4.78 is 9.22. The maximum atomic E-state index is 10.8. The number of hydrogen-bond donors (Lipinski definition) is 0. The molecule has 0 radical (unpaired) electrons. The van der Waals surface area contributed by atoms with Gasteiger partial charge in [-0.05, 0) is 34.6 Å². The highest BCUT2D eigenvalue weighted by Crippen LogP contribution is 2.16. The van der Waals surface area contributed by atoms with Gasteiger partial charge in [0.15, 0.2) is 0 Å². The second-order valence-corrected chi connectivity index (χ2v) is 4.37. The lowest BCUT2D eigenvalue weighted by Crippen LogP contribution is -2.26. The summed E-state index contributed by atoms with van der Waals surface area (Å²) in [6, 6.07) is 0. The molecule has 0 N–H and O–H groups in total. The average Bonchev–Trinajstić information content (AvgIpc) is 1.99. The van der Waals surface area contributed by atoms with Gasteiger partial charge in [-0.2, -0.15) is 5.11 Å². The Labute approximate surface area is 84.5 Å². The zero-order chi connectivity index (χ0) is 11.4. The average molecular weight is 202 g/mol. The number of ether oxygens (including phenoxy) is 2. The molecule has 0 aliphatic rings. The Morgan fingerprint density at radius 2 is 1.57 bits per heavy atom. The first-order valence-corrected chi connectivity index (χ1v) is 4.37. The molecule has 0 rings (SSSR count). The Balaban J connectivity index is 4.34. The molecule has 0 fully saturated rings. The first-order valence-electron chi connectivity index (χ1n) is 4.37. The minimum Gasteiger partial charge on any atom is -0.438 e. The largest absolute Gasteiger partial charge is 0.510 e. The molecule has 0 amide bonds. The number of rotatable bonds is 2. The molecule has 5 nitrogen and oxygen atoms in total. The Morgan fingerprint density at radius 1 is 1.07 bits per heavy atom. The lowest BCUT2D eigenvalue weighted by Gasteiger charge is -2.20. The standard InChI is InChI=1S/C9H18N2O3/c1-8(2,3)10-11-9(4,5)14-7(12)13-6/h1-6H3/b11-10+. The predicted octanol–water partition coefficient (Wildman–Crippen LogP) is 2.76. The summed E-state index contributed by atoms with van der Waals surface area (Å²) in [7, 11) is 1.25. The zero-order valence-corrected chi connectivity index (χ0v) is 9.62. The SMILES string of the molecule is COC(=O)OC(C)(C)/N=N/C(C)(C)C. The Morgan fingerprint density at radius 3 is 1.93 bits per heavy atom. The van der Waals surface area contributed by atoms with Gasteiger partial charge in [-0.15, -0.1) is 5.11 Å². The van der Waals surface area contributed by atoms with E-state index in [1.807, 2.05) is 20.8 Å². The van der Waals surface area contributed by atoms with Crippen LogP contribution in [0.1, 0.15) is 34.6 Å². The molecular weight excluding hydrogens is 184 g/mol. The van der Waals surface area contributed by atoms with Gasteiger partial charge in [0.1, 0.15) is 0 Å². The van der Waals surface area contributed by atoms with E-state index in [-0.39, 0.29) is 5.54 Å². The summed E-state index contributed by atoms with van der Waals surface area (Å²) in [6.45, 7) is 9.00. The maximum Gasteiger partial charge on any atom is 0.510 e. The van der Waals surface area contributed by atoms with Crippen LogP contribution in [0.25, 0.3) is 0 Å². The highest BCUT2D eigenvalue weighted by atomic mass is 16.7. The molecule has 0 aliphatic carbocycles. The van der Waals surface area contributed by atoms with Gasteiger partial charge in [0.2, 0.25) is 5.72 Å². The van der Waals surface area contributed by atoms with Crippen molar-refractivity contribution >= 4 is 6.16 Å². The van der Waals surface area contributed by atoms with Gasteiger partial charge >= 0.3 is 6.16 Å². The van der Waals surface area contributed by atoms with Crippen molar-refractivity contribution in [3.8, 4) is 0 Å². The first kappa shape index (κ1) is 12.9. The molecule has 0 heterocycles. The minimum absolute atomic E-state index is 0.281. The highest BCUT2D eigenvalue weighted by molar-refractivity contribution is 5.60. The van der Waals surface area contributed by atoms with Gasteiger partial charge in [-0.25, -0.2) is 4.79 Å². The van der Waals surface area contributed by atoms with Crippen LogP contribution in [-0.4, -0.2) is 24.5 Å². The van der Waals surface area contributed by atoms with Gasteiger partial charge in [-0.1, -0.05) is 0 Å². The summed E-state index contributed by atoms with van der Waals surface area (Å²) in [5.41, 5.74) is -1.27.